The number of nitrogens with one attached hydrogen (secondary N) is 1. The van der Waals surface area contributed by atoms with Gasteiger partial charge in [-0.3, -0.25) is 14.4 Å². The molecule has 41 heavy (non-hydrogen) atoms. The number of hydrogen-bond donors (Lipinski definition) is 1. The lowest BCUT2D eigenvalue weighted by atomic mass is 9.80. The SMILES string of the molecule is CCC[C@@H]1CN(C(=O)[C@@H](NC(=O)c2ccc(-c3csc(N4CCN(C)CC4)n3)cc2)C(C)(C)CC)[C@@H]2C(=O)CO[C@H]12. The van der Waals surface area contributed by atoms with E-state index in [1.54, 1.807) is 28.4 Å². The summed E-state index contributed by atoms with van der Waals surface area (Å²) in [4.78, 5) is 51.4. The number of nitrogens with zero attached hydrogens (tertiary/aromatic N) is 4. The number of piperazine rings is 1. The predicted molar refractivity (Wildman–Crippen MR) is 161 cm³/mol. The minimum atomic E-state index is -0.765. The average molecular weight is 582 g/mol. The van der Waals surface area contributed by atoms with Gasteiger partial charge in [0.1, 0.15) is 18.7 Å². The van der Waals surface area contributed by atoms with Gasteiger partial charge in [0, 0.05) is 55.1 Å². The van der Waals surface area contributed by atoms with Gasteiger partial charge in [0.2, 0.25) is 5.91 Å². The Morgan fingerprint density at radius 3 is 2.51 bits per heavy atom. The molecule has 10 heteroatoms. The van der Waals surface area contributed by atoms with Crippen LogP contribution in [0.25, 0.3) is 11.3 Å². The number of amides is 2. The zero-order valence-electron chi connectivity index (χ0n) is 24.9. The van der Waals surface area contributed by atoms with Gasteiger partial charge >= 0.3 is 0 Å². The summed E-state index contributed by atoms with van der Waals surface area (Å²) in [5.41, 5.74) is 1.82. The third-order valence-electron chi connectivity index (χ3n) is 9.16. The summed E-state index contributed by atoms with van der Waals surface area (Å²) in [5.74, 6) is -0.415. The molecule has 2 amide bonds. The molecular weight excluding hydrogens is 538 g/mol. The first kappa shape index (κ1) is 29.7. The van der Waals surface area contributed by atoms with Gasteiger partial charge in [0.15, 0.2) is 10.9 Å². The van der Waals surface area contributed by atoms with Crippen LogP contribution >= 0.6 is 11.3 Å². The van der Waals surface area contributed by atoms with Gasteiger partial charge in [-0.2, -0.15) is 0 Å². The quantitative estimate of drug-likeness (QED) is 0.483. The maximum absolute atomic E-state index is 14.0. The summed E-state index contributed by atoms with van der Waals surface area (Å²) < 4.78 is 5.82. The van der Waals surface area contributed by atoms with E-state index in [2.05, 4.69) is 34.5 Å². The van der Waals surface area contributed by atoms with Crippen LogP contribution in [-0.4, -0.2) is 96.9 Å². The summed E-state index contributed by atoms with van der Waals surface area (Å²) in [6.07, 6.45) is 2.30. The Hall–Kier alpha value is -2.82. The maximum Gasteiger partial charge on any atom is 0.251 e. The van der Waals surface area contributed by atoms with Crippen molar-refractivity contribution in [3.05, 3.63) is 35.2 Å². The molecule has 1 aromatic heterocycles. The Bertz CT molecular complexity index is 1250. The molecule has 9 nitrogen and oxygen atoms in total. The molecular formula is C31H43N5O4S. The summed E-state index contributed by atoms with van der Waals surface area (Å²) in [6.45, 7) is 12.6. The van der Waals surface area contributed by atoms with E-state index in [0.29, 0.717) is 18.5 Å². The second kappa shape index (κ2) is 12.2. The molecule has 222 valence electrons. The minimum Gasteiger partial charge on any atom is -0.367 e. The highest BCUT2D eigenvalue weighted by atomic mass is 32.1. The van der Waals surface area contributed by atoms with E-state index in [0.717, 1.165) is 55.4 Å². The maximum atomic E-state index is 14.0. The van der Waals surface area contributed by atoms with E-state index in [1.807, 2.05) is 32.9 Å². The first-order chi connectivity index (χ1) is 19.6. The van der Waals surface area contributed by atoms with Gasteiger partial charge in [-0.1, -0.05) is 46.2 Å². The van der Waals surface area contributed by atoms with Crippen molar-refractivity contribution in [3.63, 3.8) is 0 Å². The highest BCUT2D eigenvalue weighted by molar-refractivity contribution is 7.14. The number of likely N-dealkylation sites (tertiary alicyclic amines) is 1. The molecule has 3 aliphatic heterocycles. The molecule has 0 aliphatic carbocycles. The van der Waals surface area contributed by atoms with Gasteiger partial charge < -0.3 is 24.8 Å². The Morgan fingerprint density at radius 1 is 1.15 bits per heavy atom. The topological polar surface area (TPSA) is 95.1 Å². The van der Waals surface area contributed by atoms with Gasteiger partial charge in [0.05, 0.1) is 11.8 Å². The number of carbonyl (C=O) groups excluding carboxylic acids is 3. The first-order valence-electron chi connectivity index (χ1n) is 14.9. The molecule has 3 saturated heterocycles. The minimum absolute atomic E-state index is 0.0465. The number of likely N-dealkylation sites (N-methyl/N-ethyl adjacent to an activating group) is 1. The van der Waals surface area contributed by atoms with Crippen molar-refractivity contribution in [3.8, 4) is 11.3 Å². The number of rotatable bonds is 9. The van der Waals surface area contributed by atoms with Crippen LogP contribution in [0.5, 0.6) is 0 Å². The lowest BCUT2D eigenvalue weighted by molar-refractivity contribution is -0.140. The van der Waals surface area contributed by atoms with Crippen molar-refractivity contribution in [1.82, 2.24) is 20.1 Å². The molecule has 0 saturated carbocycles. The van der Waals surface area contributed by atoms with Crippen molar-refractivity contribution in [2.75, 3.05) is 51.3 Å². The molecule has 1 N–H and O–H groups in total. The van der Waals surface area contributed by atoms with E-state index in [1.165, 1.54) is 0 Å². The molecule has 1 aromatic carbocycles. The Labute approximate surface area is 247 Å². The summed E-state index contributed by atoms with van der Waals surface area (Å²) in [7, 11) is 2.14. The Balaban J connectivity index is 1.30. The van der Waals surface area contributed by atoms with Crippen molar-refractivity contribution in [2.45, 2.75) is 65.1 Å². The normalized spacial score (nSPS) is 24.0. The molecule has 0 radical (unpaired) electrons. The lowest BCUT2D eigenvalue weighted by Crippen LogP contribution is -2.57. The smallest absolute Gasteiger partial charge is 0.251 e. The second-order valence-electron chi connectivity index (χ2n) is 12.4. The van der Waals surface area contributed by atoms with Gasteiger partial charge in [0.25, 0.3) is 5.91 Å². The molecule has 2 aromatic rings. The zero-order chi connectivity index (χ0) is 29.3. The molecule has 3 aliphatic rings. The number of anilines is 1. The van der Waals surface area contributed by atoms with Crippen LogP contribution in [0.15, 0.2) is 29.6 Å². The van der Waals surface area contributed by atoms with E-state index >= 15 is 0 Å². The number of Topliss-reactive ketones (excluding diaryl/α,β-unsaturated/α-hetero) is 1. The third kappa shape index (κ3) is 6.05. The first-order valence-corrected chi connectivity index (χ1v) is 15.8. The number of aromatic nitrogens is 1. The van der Waals surface area contributed by atoms with Crippen LogP contribution in [-0.2, 0) is 14.3 Å². The number of thiazole rings is 1. The lowest BCUT2D eigenvalue weighted by Gasteiger charge is -2.36. The van der Waals surface area contributed by atoms with Crippen LogP contribution in [0.3, 0.4) is 0 Å². The number of ketones is 1. The number of ether oxygens (including phenoxy) is 1. The number of fused-ring (bicyclic) bond motifs is 1. The highest BCUT2D eigenvalue weighted by Gasteiger charge is 2.53. The van der Waals surface area contributed by atoms with Crippen LogP contribution < -0.4 is 10.2 Å². The van der Waals surface area contributed by atoms with Crippen molar-refractivity contribution in [1.29, 1.82) is 0 Å². The highest BCUT2D eigenvalue weighted by Crippen LogP contribution is 2.37. The standard InChI is InChI=1S/C31H43N5O4S/c1-6-8-22-17-36(25-24(37)18-40-26(22)25)29(39)27(31(3,4)7-2)33-28(38)21-11-9-20(10-12-21)23-19-41-30(32-23)35-15-13-34(5)14-16-35/h9-12,19,22,25-27H,6-8,13-18H2,1-5H3,(H,33,38)/t22-,25-,26-,27-/m1/s1. The van der Waals surface area contributed by atoms with Crippen molar-refractivity contribution >= 4 is 34.1 Å². The van der Waals surface area contributed by atoms with Gasteiger partial charge in [-0.25, -0.2) is 4.98 Å². The van der Waals surface area contributed by atoms with Gasteiger partial charge in [-0.15, -0.1) is 11.3 Å². The van der Waals surface area contributed by atoms with E-state index in [9.17, 15) is 14.4 Å². The van der Waals surface area contributed by atoms with Gasteiger partial charge in [-0.05, 0) is 37.4 Å². The molecule has 0 bridgehead atoms. The van der Waals surface area contributed by atoms with Crippen LogP contribution in [0.4, 0.5) is 5.13 Å². The fourth-order valence-electron chi connectivity index (χ4n) is 6.11. The molecule has 3 fully saturated rings. The third-order valence-corrected chi connectivity index (χ3v) is 10.1. The number of hydrogen-bond acceptors (Lipinski definition) is 8. The van der Waals surface area contributed by atoms with E-state index in [4.69, 9.17) is 9.72 Å². The Kier molecular flexibility index (Phi) is 8.82. The van der Waals surface area contributed by atoms with Crippen LogP contribution in [0, 0.1) is 11.3 Å². The summed E-state index contributed by atoms with van der Waals surface area (Å²) >= 11 is 1.64. The number of carbonyl (C=O) groups is 3. The largest absolute Gasteiger partial charge is 0.367 e. The van der Waals surface area contributed by atoms with Crippen LogP contribution in [0.2, 0.25) is 0 Å². The molecule has 0 spiro atoms. The van der Waals surface area contributed by atoms with E-state index < -0.39 is 17.5 Å². The second-order valence-corrected chi connectivity index (χ2v) is 13.2. The van der Waals surface area contributed by atoms with E-state index in [-0.39, 0.29) is 36.2 Å². The number of benzene rings is 1. The fraction of sp³-hybridized carbons (Fsp3) is 0.613. The molecule has 4 atom stereocenters. The van der Waals surface area contributed by atoms with Crippen molar-refractivity contribution < 1.29 is 19.1 Å². The predicted octanol–water partition coefficient (Wildman–Crippen LogP) is 3.69. The molecule has 4 heterocycles. The van der Waals surface area contributed by atoms with Crippen LogP contribution in [0.1, 0.15) is 57.3 Å². The zero-order valence-corrected chi connectivity index (χ0v) is 25.7. The van der Waals surface area contributed by atoms with Crippen molar-refractivity contribution in [2.24, 2.45) is 11.3 Å². The molecule has 0 unspecified atom stereocenters. The Morgan fingerprint density at radius 2 is 1.85 bits per heavy atom. The monoisotopic (exact) mass is 581 g/mol. The summed E-state index contributed by atoms with van der Waals surface area (Å²) in [6, 6.07) is 6.08. The fourth-order valence-corrected chi connectivity index (χ4v) is 7.00. The summed E-state index contributed by atoms with van der Waals surface area (Å²) in [5, 5.41) is 6.13. The molecule has 5 rings (SSSR count). The average Bonchev–Trinajstić information content (AvgIpc) is 3.70.